The standard InChI is InChI=1S/C27H17ClF3N5O2S/c28-21-12-6-9-17(32-21)15-34-22(37)13-19-23(24(34)27(29,30)31)25(38)36(35(19)14-16-7-2-1-3-8-16)26-33-18-10-4-5-11-20(18)39-26/h1-13H,14-15H2. The molecule has 0 saturated heterocycles. The Hall–Kier alpha value is -4.22. The second-order valence-corrected chi connectivity index (χ2v) is 10.1. The van der Waals surface area contributed by atoms with E-state index in [4.69, 9.17) is 11.6 Å². The van der Waals surface area contributed by atoms with Crippen LogP contribution in [0, 0.1) is 0 Å². The maximum Gasteiger partial charge on any atom is 0.432 e. The van der Waals surface area contributed by atoms with Crippen LogP contribution in [-0.2, 0) is 19.3 Å². The molecule has 0 amide bonds. The molecular formula is C27H17ClF3N5O2S. The number of hydrogen-bond donors (Lipinski definition) is 0. The van der Waals surface area contributed by atoms with E-state index in [2.05, 4.69) is 9.97 Å². The number of hydrogen-bond acceptors (Lipinski definition) is 5. The summed E-state index contributed by atoms with van der Waals surface area (Å²) in [6, 6.07) is 21.6. The topological polar surface area (TPSA) is 74.7 Å². The first-order valence-corrected chi connectivity index (χ1v) is 12.9. The molecule has 0 aliphatic carbocycles. The Kier molecular flexibility index (Phi) is 6.12. The van der Waals surface area contributed by atoms with Crippen molar-refractivity contribution in [2.24, 2.45) is 0 Å². The SMILES string of the molecule is O=c1cc2c(c(C(F)(F)F)n1Cc1cccc(Cl)n1)c(=O)n(-c1nc3ccccc3s1)n2Cc1ccccc1. The average molecular weight is 568 g/mol. The molecular weight excluding hydrogens is 551 g/mol. The molecule has 0 radical (unpaired) electrons. The first kappa shape index (κ1) is 25.1. The molecule has 0 N–H and O–H groups in total. The molecule has 0 bridgehead atoms. The zero-order valence-corrected chi connectivity index (χ0v) is 21.5. The van der Waals surface area contributed by atoms with E-state index in [-0.39, 0.29) is 28.0 Å². The van der Waals surface area contributed by atoms with E-state index < -0.39 is 34.9 Å². The fourth-order valence-corrected chi connectivity index (χ4v) is 5.73. The van der Waals surface area contributed by atoms with E-state index >= 15 is 0 Å². The lowest BCUT2D eigenvalue weighted by molar-refractivity contribution is -0.142. The molecule has 12 heteroatoms. The number of nitrogens with zero attached hydrogens (tertiary/aromatic N) is 5. The maximum absolute atomic E-state index is 14.7. The summed E-state index contributed by atoms with van der Waals surface area (Å²) >= 11 is 7.09. The van der Waals surface area contributed by atoms with Crippen LogP contribution in [0.25, 0.3) is 26.3 Å². The average Bonchev–Trinajstić information content (AvgIpc) is 3.43. The molecule has 0 saturated carbocycles. The van der Waals surface area contributed by atoms with Gasteiger partial charge in [-0.05, 0) is 29.8 Å². The van der Waals surface area contributed by atoms with Gasteiger partial charge in [0.2, 0.25) is 5.13 Å². The Balaban J connectivity index is 1.69. The predicted molar refractivity (Wildman–Crippen MR) is 144 cm³/mol. The fraction of sp³-hybridized carbons (Fsp3) is 0.111. The minimum Gasteiger partial charge on any atom is -0.298 e. The molecule has 2 aromatic carbocycles. The van der Waals surface area contributed by atoms with E-state index in [1.54, 1.807) is 36.4 Å². The van der Waals surface area contributed by atoms with Crippen molar-refractivity contribution in [3.05, 3.63) is 122 Å². The molecule has 6 aromatic rings. The minimum atomic E-state index is -5.03. The van der Waals surface area contributed by atoms with Crippen LogP contribution in [-0.4, -0.2) is 23.9 Å². The van der Waals surface area contributed by atoms with Crippen molar-refractivity contribution >= 4 is 44.1 Å². The second kappa shape index (κ2) is 9.51. The van der Waals surface area contributed by atoms with Crippen molar-refractivity contribution in [2.45, 2.75) is 19.3 Å². The number of fused-ring (bicyclic) bond motifs is 2. The highest BCUT2D eigenvalue weighted by Crippen LogP contribution is 2.34. The van der Waals surface area contributed by atoms with E-state index in [9.17, 15) is 22.8 Å². The van der Waals surface area contributed by atoms with Gasteiger partial charge in [-0.25, -0.2) is 9.97 Å². The van der Waals surface area contributed by atoms with Crippen molar-refractivity contribution in [3.63, 3.8) is 0 Å². The molecule has 4 heterocycles. The normalized spacial score (nSPS) is 12.0. The lowest BCUT2D eigenvalue weighted by atomic mass is 10.2. The summed E-state index contributed by atoms with van der Waals surface area (Å²) in [5, 5.41) is -0.362. The molecule has 4 aromatic heterocycles. The van der Waals surface area contributed by atoms with Crippen LogP contribution in [0.5, 0.6) is 0 Å². The molecule has 0 aliphatic rings. The number of benzene rings is 2. The Bertz CT molecular complexity index is 1940. The van der Waals surface area contributed by atoms with Gasteiger partial charge in [0.05, 0.1) is 39.9 Å². The van der Waals surface area contributed by atoms with Gasteiger partial charge in [-0.3, -0.25) is 18.8 Å². The third-order valence-corrected chi connectivity index (χ3v) is 7.44. The molecule has 196 valence electrons. The van der Waals surface area contributed by atoms with Crippen LogP contribution in [0.2, 0.25) is 5.15 Å². The summed E-state index contributed by atoms with van der Waals surface area (Å²) in [5.41, 5.74) is -1.88. The minimum absolute atomic E-state index is 0.0338. The van der Waals surface area contributed by atoms with Crippen molar-refractivity contribution in [3.8, 4) is 5.13 Å². The highest BCUT2D eigenvalue weighted by Gasteiger charge is 2.40. The molecule has 6 rings (SSSR count). The van der Waals surface area contributed by atoms with Crippen LogP contribution in [0.4, 0.5) is 13.2 Å². The van der Waals surface area contributed by atoms with Gasteiger partial charge in [0.1, 0.15) is 10.8 Å². The molecule has 39 heavy (non-hydrogen) atoms. The second-order valence-electron chi connectivity index (χ2n) is 8.75. The molecule has 0 fully saturated rings. The van der Waals surface area contributed by atoms with E-state index in [0.29, 0.717) is 10.1 Å². The van der Waals surface area contributed by atoms with Gasteiger partial charge in [0.25, 0.3) is 11.1 Å². The lowest BCUT2D eigenvalue weighted by Crippen LogP contribution is -2.30. The van der Waals surface area contributed by atoms with Gasteiger partial charge >= 0.3 is 6.18 Å². The number of halogens is 4. The first-order chi connectivity index (χ1) is 18.7. The van der Waals surface area contributed by atoms with E-state index in [0.717, 1.165) is 21.0 Å². The Labute approximate surface area is 227 Å². The van der Waals surface area contributed by atoms with Crippen molar-refractivity contribution in [1.82, 2.24) is 23.9 Å². The Morgan fingerprint density at radius 3 is 2.33 bits per heavy atom. The summed E-state index contributed by atoms with van der Waals surface area (Å²) in [4.78, 5) is 35.7. The monoisotopic (exact) mass is 567 g/mol. The van der Waals surface area contributed by atoms with E-state index in [1.807, 2.05) is 18.2 Å². The molecule has 0 aliphatic heterocycles. The van der Waals surface area contributed by atoms with Crippen LogP contribution < -0.4 is 11.1 Å². The number of aromatic nitrogens is 5. The number of alkyl halides is 3. The molecule has 0 atom stereocenters. The molecule has 0 unspecified atom stereocenters. The largest absolute Gasteiger partial charge is 0.432 e. The van der Waals surface area contributed by atoms with Crippen molar-refractivity contribution in [1.29, 1.82) is 0 Å². The third kappa shape index (κ3) is 4.53. The number of para-hydroxylation sites is 1. The first-order valence-electron chi connectivity index (χ1n) is 11.7. The summed E-state index contributed by atoms with van der Waals surface area (Å²) in [5.74, 6) is 0. The molecule has 0 spiro atoms. The van der Waals surface area contributed by atoms with Crippen LogP contribution >= 0.6 is 22.9 Å². The number of rotatable bonds is 5. The quantitative estimate of drug-likeness (QED) is 0.250. The van der Waals surface area contributed by atoms with Crippen molar-refractivity contribution in [2.75, 3.05) is 0 Å². The highest BCUT2D eigenvalue weighted by atomic mass is 35.5. The van der Waals surface area contributed by atoms with Gasteiger partial charge in [-0.2, -0.15) is 17.9 Å². The highest BCUT2D eigenvalue weighted by molar-refractivity contribution is 7.20. The predicted octanol–water partition coefficient (Wildman–Crippen LogP) is 5.73. The van der Waals surface area contributed by atoms with Crippen LogP contribution in [0.3, 0.4) is 0 Å². The van der Waals surface area contributed by atoms with Gasteiger partial charge in [-0.1, -0.05) is 71.5 Å². The molecule has 7 nitrogen and oxygen atoms in total. The maximum atomic E-state index is 14.7. The Morgan fingerprint density at radius 2 is 1.62 bits per heavy atom. The van der Waals surface area contributed by atoms with Crippen LogP contribution in [0.15, 0.2) is 88.5 Å². The van der Waals surface area contributed by atoms with Gasteiger partial charge in [0.15, 0.2) is 0 Å². The smallest absolute Gasteiger partial charge is 0.298 e. The fourth-order valence-electron chi connectivity index (χ4n) is 4.58. The van der Waals surface area contributed by atoms with Gasteiger partial charge in [-0.15, -0.1) is 0 Å². The summed E-state index contributed by atoms with van der Waals surface area (Å²) in [6.07, 6.45) is -5.03. The zero-order chi connectivity index (χ0) is 27.3. The number of thiazole rings is 1. The Morgan fingerprint density at radius 1 is 0.872 bits per heavy atom. The summed E-state index contributed by atoms with van der Waals surface area (Å²) in [7, 11) is 0. The van der Waals surface area contributed by atoms with Crippen LogP contribution in [0.1, 0.15) is 17.0 Å². The lowest BCUT2D eigenvalue weighted by Gasteiger charge is -2.16. The summed E-state index contributed by atoms with van der Waals surface area (Å²) < 4.78 is 47.8. The van der Waals surface area contributed by atoms with Crippen molar-refractivity contribution < 1.29 is 13.2 Å². The number of pyridine rings is 2. The van der Waals surface area contributed by atoms with Gasteiger partial charge < -0.3 is 0 Å². The zero-order valence-electron chi connectivity index (χ0n) is 19.9. The van der Waals surface area contributed by atoms with Gasteiger partial charge in [0, 0.05) is 6.07 Å². The van der Waals surface area contributed by atoms with E-state index in [1.165, 1.54) is 34.2 Å². The third-order valence-electron chi connectivity index (χ3n) is 6.22. The summed E-state index contributed by atoms with van der Waals surface area (Å²) in [6.45, 7) is -0.485.